The minimum absolute atomic E-state index is 0.116. The van der Waals surface area contributed by atoms with Gasteiger partial charge in [0.2, 0.25) is 0 Å². The predicted octanol–water partition coefficient (Wildman–Crippen LogP) is 14.6. The van der Waals surface area contributed by atoms with Crippen LogP contribution >= 0.6 is 0 Å². The summed E-state index contributed by atoms with van der Waals surface area (Å²) in [6, 6.07) is 70.1. The van der Waals surface area contributed by atoms with Crippen LogP contribution < -0.4 is 0 Å². The van der Waals surface area contributed by atoms with Crippen molar-refractivity contribution in [3.63, 3.8) is 0 Å². The molecular formula is C55H38N2. The number of hydrogen-bond acceptors (Lipinski definition) is 2. The first kappa shape index (κ1) is 33.2. The second kappa shape index (κ2) is 13.0. The standard InChI is InChI=1S/C55H38N2/c1-55(2)48-25-13-23-46(53(48)52-41-20-9-7-17-38(41)30-33-49(52)55)44-31-32-45(43-22-11-10-21-42(43)44)51-34-50(39-28-26-36(27-29-39)35-14-4-3-5-15-35)56-54(57-51)47-24-12-18-37-16-6-8-19-40(37)47/h3-34H,1-2H3. The highest BCUT2D eigenvalue weighted by Gasteiger charge is 2.38. The van der Waals surface area contributed by atoms with Crippen LogP contribution in [0, 0.1) is 0 Å². The molecule has 1 aliphatic carbocycles. The summed E-state index contributed by atoms with van der Waals surface area (Å²) in [4.78, 5) is 10.7. The summed E-state index contributed by atoms with van der Waals surface area (Å²) in [6.45, 7) is 4.74. The van der Waals surface area contributed by atoms with E-state index in [9.17, 15) is 0 Å². The average Bonchev–Trinajstić information content (AvgIpc) is 3.52. The maximum absolute atomic E-state index is 5.40. The molecule has 0 radical (unpaired) electrons. The zero-order valence-corrected chi connectivity index (χ0v) is 31.9. The number of fused-ring (bicyclic) bond motifs is 7. The number of hydrogen-bond donors (Lipinski definition) is 0. The van der Waals surface area contributed by atoms with Crippen LogP contribution in [-0.2, 0) is 5.41 Å². The van der Waals surface area contributed by atoms with Gasteiger partial charge in [-0.2, -0.15) is 0 Å². The summed E-state index contributed by atoms with van der Waals surface area (Å²) in [6.07, 6.45) is 0. The molecule has 268 valence electrons. The maximum atomic E-state index is 5.40. The number of nitrogens with zero attached hydrogens (tertiary/aromatic N) is 2. The smallest absolute Gasteiger partial charge is 0.161 e. The van der Waals surface area contributed by atoms with Crippen LogP contribution in [0.15, 0.2) is 194 Å². The molecule has 57 heavy (non-hydrogen) atoms. The molecule has 9 aromatic carbocycles. The number of rotatable bonds is 5. The molecule has 2 heteroatoms. The lowest BCUT2D eigenvalue weighted by Gasteiger charge is -2.22. The van der Waals surface area contributed by atoms with Crippen molar-refractivity contribution in [1.82, 2.24) is 9.97 Å². The number of aromatic nitrogens is 2. The van der Waals surface area contributed by atoms with Crippen molar-refractivity contribution in [2.75, 3.05) is 0 Å². The second-order valence-electron chi connectivity index (χ2n) is 15.7. The molecule has 0 saturated carbocycles. The SMILES string of the molecule is CC1(C)c2cccc(-c3ccc(-c4cc(-c5ccc(-c6ccccc6)cc5)nc(-c5cccc6ccccc56)n4)c4ccccc34)c2-c2c1ccc1ccccc21. The van der Waals surface area contributed by atoms with Gasteiger partial charge >= 0.3 is 0 Å². The van der Waals surface area contributed by atoms with Crippen molar-refractivity contribution in [3.8, 4) is 67.3 Å². The van der Waals surface area contributed by atoms with Gasteiger partial charge in [-0.05, 0) is 82.9 Å². The van der Waals surface area contributed by atoms with E-state index in [-0.39, 0.29) is 5.41 Å². The van der Waals surface area contributed by atoms with E-state index in [1.165, 1.54) is 66.1 Å². The van der Waals surface area contributed by atoms with E-state index in [0.29, 0.717) is 5.82 Å². The summed E-state index contributed by atoms with van der Waals surface area (Å²) < 4.78 is 0. The molecule has 11 rings (SSSR count). The first-order valence-corrected chi connectivity index (χ1v) is 19.7. The van der Waals surface area contributed by atoms with E-state index < -0.39 is 0 Å². The van der Waals surface area contributed by atoms with E-state index in [4.69, 9.17) is 9.97 Å². The maximum Gasteiger partial charge on any atom is 0.161 e. The highest BCUT2D eigenvalue weighted by atomic mass is 14.9. The fourth-order valence-corrected chi connectivity index (χ4v) is 9.27. The van der Waals surface area contributed by atoms with Gasteiger partial charge in [-0.1, -0.05) is 202 Å². The third kappa shape index (κ3) is 5.33. The van der Waals surface area contributed by atoms with E-state index in [0.717, 1.165) is 38.9 Å². The Bertz CT molecular complexity index is 3190. The Morgan fingerprint density at radius 1 is 0.333 bits per heavy atom. The Kier molecular flexibility index (Phi) is 7.55. The minimum Gasteiger partial charge on any atom is -0.228 e. The first-order chi connectivity index (χ1) is 28.0. The van der Waals surface area contributed by atoms with Gasteiger partial charge in [-0.3, -0.25) is 0 Å². The lowest BCUT2D eigenvalue weighted by Crippen LogP contribution is -2.14. The fraction of sp³-hybridized carbons (Fsp3) is 0.0545. The van der Waals surface area contributed by atoms with Crippen LogP contribution in [0.1, 0.15) is 25.0 Å². The Hall–Kier alpha value is -7.16. The fourth-order valence-electron chi connectivity index (χ4n) is 9.27. The molecule has 1 aromatic heterocycles. The van der Waals surface area contributed by atoms with Crippen molar-refractivity contribution in [2.24, 2.45) is 0 Å². The molecule has 0 bridgehead atoms. The lowest BCUT2D eigenvalue weighted by atomic mass is 9.81. The topological polar surface area (TPSA) is 25.8 Å². The van der Waals surface area contributed by atoms with Crippen molar-refractivity contribution in [2.45, 2.75) is 19.3 Å². The van der Waals surface area contributed by atoms with Crippen LogP contribution in [0.3, 0.4) is 0 Å². The molecular weight excluding hydrogens is 689 g/mol. The molecule has 0 aliphatic heterocycles. The van der Waals surface area contributed by atoms with Crippen LogP contribution in [0.2, 0.25) is 0 Å². The van der Waals surface area contributed by atoms with E-state index in [1.54, 1.807) is 0 Å². The summed E-state index contributed by atoms with van der Waals surface area (Å²) in [5.74, 6) is 0.714. The first-order valence-electron chi connectivity index (χ1n) is 19.7. The average molecular weight is 727 g/mol. The van der Waals surface area contributed by atoms with Crippen LogP contribution in [0.25, 0.3) is 99.6 Å². The highest BCUT2D eigenvalue weighted by molar-refractivity contribution is 6.11. The van der Waals surface area contributed by atoms with Gasteiger partial charge in [0, 0.05) is 22.1 Å². The molecule has 1 heterocycles. The molecule has 0 spiro atoms. The normalized spacial score (nSPS) is 12.9. The van der Waals surface area contributed by atoms with Gasteiger partial charge in [0.1, 0.15) is 0 Å². The monoisotopic (exact) mass is 726 g/mol. The van der Waals surface area contributed by atoms with Crippen LogP contribution in [0.5, 0.6) is 0 Å². The molecule has 0 atom stereocenters. The molecule has 0 N–H and O–H groups in total. The van der Waals surface area contributed by atoms with Crippen molar-refractivity contribution < 1.29 is 0 Å². The Labute approximate surface area is 332 Å². The van der Waals surface area contributed by atoms with Gasteiger partial charge in [-0.25, -0.2) is 9.97 Å². The van der Waals surface area contributed by atoms with Crippen molar-refractivity contribution in [3.05, 3.63) is 205 Å². The van der Waals surface area contributed by atoms with E-state index >= 15 is 0 Å². The zero-order chi connectivity index (χ0) is 38.1. The predicted molar refractivity (Wildman–Crippen MR) is 239 cm³/mol. The molecule has 0 saturated heterocycles. The largest absolute Gasteiger partial charge is 0.228 e. The van der Waals surface area contributed by atoms with Gasteiger partial charge < -0.3 is 0 Å². The summed E-state index contributed by atoms with van der Waals surface area (Å²) >= 11 is 0. The highest BCUT2D eigenvalue weighted by Crippen LogP contribution is 2.55. The van der Waals surface area contributed by atoms with Gasteiger partial charge in [0.05, 0.1) is 11.4 Å². The Morgan fingerprint density at radius 3 is 1.67 bits per heavy atom. The van der Waals surface area contributed by atoms with E-state index in [2.05, 4.69) is 208 Å². The van der Waals surface area contributed by atoms with Crippen molar-refractivity contribution in [1.29, 1.82) is 0 Å². The van der Waals surface area contributed by atoms with E-state index in [1.807, 2.05) is 0 Å². The molecule has 2 nitrogen and oxygen atoms in total. The number of benzene rings is 9. The summed E-state index contributed by atoms with van der Waals surface area (Å²) in [7, 11) is 0. The molecule has 0 unspecified atom stereocenters. The Balaban J connectivity index is 1.12. The van der Waals surface area contributed by atoms with Crippen molar-refractivity contribution >= 4 is 32.3 Å². The minimum atomic E-state index is -0.116. The second-order valence-corrected chi connectivity index (χ2v) is 15.7. The van der Waals surface area contributed by atoms with Crippen LogP contribution in [0.4, 0.5) is 0 Å². The zero-order valence-electron chi connectivity index (χ0n) is 31.9. The third-order valence-electron chi connectivity index (χ3n) is 12.1. The molecule has 10 aromatic rings. The summed E-state index contributed by atoms with van der Waals surface area (Å²) in [5, 5.41) is 7.24. The molecule has 0 amide bonds. The van der Waals surface area contributed by atoms with Gasteiger partial charge in [-0.15, -0.1) is 0 Å². The molecule has 0 fully saturated rings. The lowest BCUT2D eigenvalue weighted by molar-refractivity contribution is 0.661. The summed E-state index contributed by atoms with van der Waals surface area (Å²) in [5.41, 5.74) is 15.1. The third-order valence-corrected chi connectivity index (χ3v) is 12.1. The van der Waals surface area contributed by atoms with Gasteiger partial charge in [0.15, 0.2) is 5.82 Å². The van der Waals surface area contributed by atoms with Crippen LogP contribution in [-0.4, -0.2) is 9.97 Å². The molecule has 1 aliphatic rings. The Morgan fingerprint density at radius 2 is 0.877 bits per heavy atom. The quantitative estimate of drug-likeness (QED) is 0.176. The van der Waals surface area contributed by atoms with Gasteiger partial charge in [0.25, 0.3) is 0 Å².